The van der Waals surface area contributed by atoms with Crippen molar-refractivity contribution in [3.63, 3.8) is 0 Å². The van der Waals surface area contributed by atoms with Crippen LogP contribution in [-0.4, -0.2) is 33.0 Å². The van der Waals surface area contributed by atoms with E-state index in [0.29, 0.717) is 61.9 Å². The largest absolute Gasteiger partial charge is 0.491 e. The highest BCUT2D eigenvalue weighted by atomic mass is 19.2. The summed E-state index contributed by atoms with van der Waals surface area (Å²) < 4.78 is 111. The van der Waals surface area contributed by atoms with Gasteiger partial charge in [0.1, 0.15) is 0 Å². The van der Waals surface area contributed by atoms with Crippen LogP contribution in [0.15, 0.2) is 133 Å². The first-order chi connectivity index (χ1) is 57.5. The topological polar surface area (TPSA) is 46.2 Å². The maximum Gasteiger partial charge on any atom is 0.204 e. The van der Waals surface area contributed by atoms with Gasteiger partial charge in [-0.2, -0.15) is 22.0 Å². The van der Waals surface area contributed by atoms with Gasteiger partial charge in [0.05, 0.1) is 33.0 Å². The standard InChI is InChI=1S/C25H32F2O.C24H36F2O2.C22H34.C18H26F2O2.C18H22/c1-3-5-17-28-23-16-15-22(24(26)25(23)27)21-13-11-20(12-14-21)19-9-7-18(6-4-2)8-10-19;1-3-5-17-6-10-19(11-7-17)20-12-8-18(9-13-20)16-28-22-15-14-21(27-4-2)23(25)24(22)26;1-3-4-18-7-11-20(12-8-18)22-15-13-21(14-16-22)19-9-5-17(2)6-10-19;1-3-5-13-6-8-14(9-7-13)12-22-16-11-10-15(21-4-2)17(19)18(16)20;1-3-4-5-6-16-9-13-18(14-10-16)17-11-7-15(2)8-12-17/h11-16,18-19H,3-10,17H2,1-2H3;14-15,17-20H,3-13,16H2,1-2H3;5-6,9-10,18,20-22H,3-4,7-8,11-16H2,1-2H3;10-11,13-14H,3-9,12H2,1-2H3;7-14H,3-6H2,1-2H3. The van der Waals surface area contributed by atoms with Gasteiger partial charge in [0.15, 0.2) is 34.6 Å². The molecule has 7 aromatic carbocycles. The Morgan fingerprint density at radius 2 is 0.559 bits per heavy atom. The van der Waals surface area contributed by atoms with Crippen molar-refractivity contribution in [2.45, 2.75) is 325 Å². The number of ether oxygens (including phenoxy) is 5. The van der Waals surface area contributed by atoms with E-state index in [0.717, 1.165) is 91.8 Å². The fourth-order valence-electron chi connectivity index (χ4n) is 20.1. The molecule has 0 saturated heterocycles. The lowest BCUT2D eigenvalue weighted by Crippen LogP contribution is -2.27. The summed E-state index contributed by atoms with van der Waals surface area (Å²) in [5, 5.41) is 0. The molecule has 11 heteroatoms. The minimum Gasteiger partial charge on any atom is -0.491 e. The van der Waals surface area contributed by atoms with Gasteiger partial charge in [-0.3, -0.25) is 0 Å². The molecule has 6 fully saturated rings. The molecule has 0 atom stereocenters. The summed E-state index contributed by atoms with van der Waals surface area (Å²) in [6.45, 7) is 23.1. The van der Waals surface area contributed by atoms with Crippen LogP contribution < -0.4 is 23.7 Å². The molecular weight excluding hydrogens is 1480 g/mol. The predicted molar refractivity (Wildman–Crippen MR) is 480 cm³/mol. The van der Waals surface area contributed by atoms with Crippen molar-refractivity contribution >= 4 is 0 Å². The molecule has 5 nitrogen and oxygen atoms in total. The second-order valence-corrected chi connectivity index (χ2v) is 36.1. The molecule has 0 amide bonds. The normalized spacial score (nSPS) is 23.1. The van der Waals surface area contributed by atoms with Gasteiger partial charge in [0.2, 0.25) is 29.1 Å². The average molecular weight is 1630 g/mol. The van der Waals surface area contributed by atoms with E-state index >= 15 is 0 Å². The smallest absolute Gasteiger partial charge is 0.204 e. The molecule has 0 radical (unpaired) electrons. The lowest BCUT2D eigenvalue weighted by molar-refractivity contribution is 0.120. The van der Waals surface area contributed by atoms with E-state index in [1.165, 1.54) is 269 Å². The van der Waals surface area contributed by atoms with E-state index in [2.05, 4.69) is 133 Å². The van der Waals surface area contributed by atoms with Crippen LogP contribution in [0.2, 0.25) is 0 Å². The van der Waals surface area contributed by atoms with Crippen LogP contribution in [0.1, 0.15) is 333 Å². The third kappa shape index (κ3) is 30.0. The molecule has 118 heavy (non-hydrogen) atoms. The molecule has 0 spiro atoms. The Kier molecular flexibility index (Phi) is 41.7. The van der Waals surface area contributed by atoms with Crippen LogP contribution in [-0.2, 0) is 6.42 Å². The SMILES string of the molecule is CCCC1CCC(C2CCC(COc3ccc(OCC)c(F)c3F)CC2)CC1.CCCC1CCC(C2CCC(c3ccc(C)cc3)CC2)CC1.CCCC1CCC(COc2ccc(OCC)c(F)c2F)CC1.CCCCCc1ccc(-c2ccc(C)cc2)cc1.CCCCOc1ccc(-c2ccc(C3CCC(CCC)CC3)cc2)c(F)c1F. The average Bonchev–Trinajstić information content (AvgIpc) is 0.821. The van der Waals surface area contributed by atoms with E-state index < -0.39 is 34.9 Å². The van der Waals surface area contributed by atoms with Crippen molar-refractivity contribution in [1.82, 2.24) is 0 Å². The molecule has 6 aliphatic rings. The number of unbranched alkanes of at least 4 members (excludes halogenated alkanes) is 3. The molecule has 0 N–H and O–H groups in total. The minimum absolute atomic E-state index is 0.00248. The third-order valence-corrected chi connectivity index (χ3v) is 27.4. The molecule has 6 aliphatic carbocycles. The second kappa shape index (κ2) is 51.8. The predicted octanol–water partition coefficient (Wildman–Crippen LogP) is 32.7. The summed E-state index contributed by atoms with van der Waals surface area (Å²) in [4.78, 5) is 0. The van der Waals surface area contributed by atoms with Crippen molar-refractivity contribution < 1.29 is 50.0 Å². The Bertz CT molecular complexity index is 3890. The monoisotopic (exact) mass is 1630 g/mol. The minimum atomic E-state index is -0.967. The maximum absolute atomic E-state index is 14.6. The molecule has 0 heterocycles. The highest BCUT2D eigenvalue weighted by Crippen LogP contribution is 2.47. The molecule has 0 aromatic heterocycles. The van der Waals surface area contributed by atoms with Gasteiger partial charge in [0.25, 0.3) is 0 Å². The van der Waals surface area contributed by atoms with Crippen molar-refractivity contribution in [2.24, 2.45) is 59.2 Å². The summed E-state index contributed by atoms with van der Waals surface area (Å²) in [5.74, 6) is 4.27. The number of halogens is 6. The van der Waals surface area contributed by atoms with Crippen molar-refractivity contribution in [2.75, 3.05) is 33.0 Å². The zero-order valence-electron chi connectivity index (χ0n) is 74.3. The van der Waals surface area contributed by atoms with E-state index in [9.17, 15) is 26.3 Å². The van der Waals surface area contributed by atoms with E-state index in [1.807, 2.05) is 19.1 Å². The first kappa shape index (κ1) is 95.0. The summed E-state index contributed by atoms with van der Waals surface area (Å²) in [6, 6.07) is 44.0. The molecule has 7 aromatic rings. The Labute approximate surface area is 710 Å². The molecular formula is C107H150F6O5. The fourth-order valence-corrected chi connectivity index (χ4v) is 20.1. The van der Waals surface area contributed by atoms with Crippen LogP contribution in [0.5, 0.6) is 28.7 Å². The summed E-state index contributed by atoms with van der Waals surface area (Å²) >= 11 is 0. The second-order valence-electron chi connectivity index (χ2n) is 36.1. The number of benzene rings is 7. The lowest BCUT2D eigenvalue weighted by atomic mass is 9.68. The van der Waals surface area contributed by atoms with Gasteiger partial charge in [0, 0.05) is 5.56 Å². The number of rotatable bonds is 32. The van der Waals surface area contributed by atoms with Gasteiger partial charge in [-0.25, -0.2) is 4.39 Å². The first-order valence-electron chi connectivity index (χ1n) is 47.4. The number of hydrogen-bond donors (Lipinski definition) is 0. The maximum atomic E-state index is 14.6. The first-order valence-corrected chi connectivity index (χ1v) is 47.4. The van der Waals surface area contributed by atoms with Crippen molar-refractivity contribution in [3.05, 3.63) is 196 Å². The molecule has 650 valence electrons. The Morgan fingerprint density at radius 1 is 0.263 bits per heavy atom. The molecule has 0 unspecified atom stereocenters. The quantitative estimate of drug-likeness (QED) is 0.0311. The number of hydrogen-bond acceptors (Lipinski definition) is 5. The molecule has 13 rings (SSSR count). The molecule has 6 saturated carbocycles. The highest BCUT2D eigenvalue weighted by Gasteiger charge is 2.34. The Balaban J connectivity index is 0.000000170. The zero-order valence-corrected chi connectivity index (χ0v) is 74.3. The highest BCUT2D eigenvalue weighted by molar-refractivity contribution is 5.66. The van der Waals surface area contributed by atoms with Gasteiger partial charge < -0.3 is 23.7 Å². The fraction of sp³-hybridized carbons (Fsp3) is 0.607. The Morgan fingerprint density at radius 3 is 0.949 bits per heavy atom. The summed E-state index contributed by atoms with van der Waals surface area (Å²) in [6.07, 6.45) is 49.8. The molecule has 0 aliphatic heterocycles. The van der Waals surface area contributed by atoms with Crippen LogP contribution in [0.4, 0.5) is 26.3 Å². The lowest BCUT2D eigenvalue weighted by Gasteiger charge is -2.38. The number of aryl methyl sites for hydroxylation is 3. The van der Waals surface area contributed by atoms with Crippen molar-refractivity contribution in [1.29, 1.82) is 0 Å². The van der Waals surface area contributed by atoms with Crippen LogP contribution >= 0.6 is 0 Å². The van der Waals surface area contributed by atoms with Crippen molar-refractivity contribution in [3.8, 4) is 51.0 Å². The van der Waals surface area contributed by atoms with Gasteiger partial charge in [-0.1, -0.05) is 259 Å². The van der Waals surface area contributed by atoms with E-state index in [4.69, 9.17) is 23.7 Å². The van der Waals surface area contributed by atoms with Gasteiger partial charge >= 0.3 is 0 Å². The third-order valence-electron chi connectivity index (χ3n) is 27.4. The van der Waals surface area contributed by atoms with Crippen LogP contribution in [0.3, 0.4) is 0 Å². The van der Waals surface area contributed by atoms with Gasteiger partial charge in [-0.15, -0.1) is 0 Å². The van der Waals surface area contributed by atoms with Crippen LogP contribution in [0.25, 0.3) is 22.3 Å². The van der Waals surface area contributed by atoms with E-state index in [1.54, 1.807) is 25.5 Å². The zero-order chi connectivity index (χ0) is 84.0. The van der Waals surface area contributed by atoms with Gasteiger partial charge in [-0.05, 0) is 303 Å². The Hall–Kier alpha value is -6.88. The summed E-state index contributed by atoms with van der Waals surface area (Å²) in [5.41, 5.74) is 10.7. The molecule has 0 bridgehead atoms. The summed E-state index contributed by atoms with van der Waals surface area (Å²) in [7, 11) is 0. The van der Waals surface area contributed by atoms with E-state index in [-0.39, 0.29) is 28.7 Å². The van der Waals surface area contributed by atoms with Crippen LogP contribution in [0, 0.1) is 108 Å².